The third kappa shape index (κ3) is 5.58. The molecule has 0 spiro atoms. The van der Waals surface area contributed by atoms with Crippen molar-refractivity contribution in [3.63, 3.8) is 0 Å². The van der Waals surface area contributed by atoms with E-state index < -0.39 is 0 Å². The first-order valence-corrected chi connectivity index (χ1v) is 11.6. The van der Waals surface area contributed by atoms with E-state index in [9.17, 15) is 9.18 Å². The summed E-state index contributed by atoms with van der Waals surface area (Å²) in [5, 5.41) is 0. The molecule has 3 aromatic carbocycles. The van der Waals surface area contributed by atoms with Crippen LogP contribution in [0.25, 0.3) is 6.08 Å². The molecule has 1 fully saturated rings. The molecular weight excluding hydrogens is 473 g/mol. The fourth-order valence-electron chi connectivity index (χ4n) is 3.34. The van der Waals surface area contributed by atoms with Gasteiger partial charge in [0.2, 0.25) is 0 Å². The van der Waals surface area contributed by atoms with Crippen LogP contribution in [0.5, 0.6) is 17.2 Å². The zero-order chi connectivity index (χ0) is 24.1. The van der Waals surface area contributed by atoms with E-state index in [4.69, 9.17) is 26.4 Å². The molecule has 1 heterocycles. The van der Waals surface area contributed by atoms with Crippen molar-refractivity contribution < 1.29 is 23.4 Å². The van der Waals surface area contributed by atoms with Gasteiger partial charge in [0.25, 0.3) is 5.91 Å². The summed E-state index contributed by atoms with van der Waals surface area (Å²) in [6, 6.07) is 19.1. The SMILES string of the molecule is COc1ccc(CN2C(=O)/C(=C/c3ccc(OCc4ccc(F)cc4)c(OC)c3)SC2=S)cc1. The van der Waals surface area contributed by atoms with E-state index in [2.05, 4.69) is 0 Å². The highest BCUT2D eigenvalue weighted by Crippen LogP contribution is 2.35. The molecule has 1 amide bonds. The van der Waals surface area contributed by atoms with Gasteiger partial charge in [-0.1, -0.05) is 54.3 Å². The highest BCUT2D eigenvalue weighted by atomic mass is 32.2. The fraction of sp³-hybridized carbons (Fsp3) is 0.154. The number of benzene rings is 3. The van der Waals surface area contributed by atoms with Gasteiger partial charge in [-0.05, 0) is 59.2 Å². The van der Waals surface area contributed by atoms with Crippen LogP contribution in [0, 0.1) is 5.82 Å². The number of amides is 1. The Morgan fingerprint density at radius 3 is 2.32 bits per heavy atom. The Kier molecular flexibility index (Phi) is 7.49. The van der Waals surface area contributed by atoms with Crippen LogP contribution in [0.15, 0.2) is 71.6 Å². The lowest BCUT2D eigenvalue weighted by molar-refractivity contribution is -0.122. The molecule has 0 unspecified atom stereocenters. The number of hydrogen-bond donors (Lipinski definition) is 0. The highest BCUT2D eigenvalue weighted by molar-refractivity contribution is 8.26. The maximum Gasteiger partial charge on any atom is 0.266 e. The van der Waals surface area contributed by atoms with Crippen molar-refractivity contribution in [1.29, 1.82) is 0 Å². The van der Waals surface area contributed by atoms with Crippen LogP contribution in [-0.4, -0.2) is 29.3 Å². The summed E-state index contributed by atoms with van der Waals surface area (Å²) >= 11 is 6.72. The van der Waals surface area contributed by atoms with Gasteiger partial charge in [0.15, 0.2) is 11.5 Å². The first-order chi connectivity index (χ1) is 16.5. The first-order valence-electron chi connectivity index (χ1n) is 10.4. The Bertz CT molecular complexity index is 1230. The Morgan fingerprint density at radius 1 is 0.941 bits per heavy atom. The molecule has 3 aromatic rings. The standard InChI is InChI=1S/C26H22FNO4S2/c1-30-21-10-5-17(6-11-21)15-28-25(29)24(34-26(28)33)14-19-7-12-22(23(13-19)31-2)32-16-18-3-8-20(27)9-4-18/h3-14H,15-16H2,1-2H3/b24-14-. The van der Waals surface area contributed by atoms with Crippen molar-refractivity contribution in [2.75, 3.05) is 14.2 Å². The number of methoxy groups -OCH3 is 2. The van der Waals surface area contributed by atoms with Crippen LogP contribution >= 0.6 is 24.0 Å². The van der Waals surface area contributed by atoms with E-state index >= 15 is 0 Å². The molecule has 5 nitrogen and oxygen atoms in total. The molecule has 0 N–H and O–H groups in total. The molecule has 174 valence electrons. The summed E-state index contributed by atoms with van der Waals surface area (Å²) < 4.78 is 30.1. The third-order valence-electron chi connectivity index (χ3n) is 5.17. The molecule has 0 atom stereocenters. The van der Waals surface area contributed by atoms with E-state index in [1.54, 1.807) is 49.5 Å². The van der Waals surface area contributed by atoms with E-state index in [1.165, 1.54) is 23.9 Å². The van der Waals surface area contributed by atoms with Gasteiger partial charge in [-0.15, -0.1) is 0 Å². The van der Waals surface area contributed by atoms with Crippen LogP contribution in [-0.2, 0) is 17.9 Å². The molecule has 0 saturated carbocycles. The third-order valence-corrected chi connectivity index (χ3v) is 6.54. The second kappa shape index (κ2) is 10.7. The lowest BCUT2D eigenvalue weighted by Gasteiger charge is -2.14. The number of carbonyl (C=O) groups excluding carboxylic acids is 1. The number of rotatable bonds is 8. The van der Waals surface area contributed by atoms with Crippen LogP contribution in [0.1, 0.15) is 16.7 Å². The molecule has 0 radical (unpaired) electrons. The summed E-state index contributed by atoms with van der Waals surface area (Å²) in [5.74, 6) is 1.41. The van der Waals surface area contributed by atoms with E-state index in [0.29, 0.717) is 27.3 Å². The van der Waals surface area contributed by atoms with Crippen molar-refractivity contribution in [1.82, 2.24) is 4.90 Å². The zero-order valence-electron chi connectivity index (χ0n) is 18.6. The van der Waals surface area contributed by atoms with Crippen molar-refractivity contribution in [2.24, 2.45) is 0 Å². The van der Waals surface area contributed by atoms with Crippen molar-refractivity contribution in [2.45, 2.75) is 13.2 Å². The fourth-order valence-corrected chi connectivity index (χ4v) is 4.59. The van der Waals surface area contributed by atoms with Crippen LogP contribution < -0.4 is 14.2 Å². The molecule has 4 rings (SSSR count). The van der Waals surface area contributed by atoms with E-state index in [-0.39, 0.29) is 18.3 Å². The topological polar surface area (TPSA) is 48.0 Å². The molecule has 0 aromatic heterocycles. The number of carbonyl (C=O) groups is 1. The molecule has 1 aliphatic heterocycles. The van der Waals surface area contributed by atoms with Crippen molar-refractivity contribution in [3.8, 4) is 17.2 Å². The van der Waals surface area contributed by atoms with Gasteiger partial charge < -0.3 is 14.2 Å². The average Bonchev–Trinajstić information content (AvgIpc) is 3.11. The summed E-state index contributed by atoms with van der Waals surface area (Å²) in [5.41, 5.74) is 2.59. The smallest absolute Gasteiger partial charge is 0.266 e. The Hall–Kier alpha value is -3.36. The van der Waals surface area contributed by atoms with Crippen molar-refractivity contribution in [3.05, 3.63) is 94.1 Å². The van der Waals surface area contributed by atoms with Gasteiger partial charge in [0, 0.05) is 0 Å². The molecule has 8 heteroatoms. The van der Waals surface area contributed by atoms with Crippen LogP contribution in [0.4, 0.5) is 4.39 Å². The zero-order valence-corrected chi connectivity index (χ0v) is 20.3. The minimum atomic E-state index is -0.292. The number of thiocarbonyl (C=S) groups is 1. The normalized spacial score (nSPS) is 14.6. The largest absolute Gasteiger partial charge is 0.497 e. The van der Waals surface area contributed by atoms with Gasteiger partial charge in [-0.3, -0.25) is 9.69 Å². The van der Waals surface area contributed by atoms with Crippen LogP contribution in [0.3, 0.4) is 0 Å². The minimum absolute atomic E-state index is 0.138. The quantitative estimate of drug-likeness (QED) is 0.290. The first kappa shape index (κ1) is 23.8. The number of hydrogen-bond acceptors (Lipinski definition) is 6. The Morgan fingerprint density at radius 2 is 1.65 bits per heavy atom. The highest BCUT2D eigenvalue weighted by Gasteiger charge is 2.32. The van der Waals surface area contributed by atoms with Gasteiger partial charge in [-0.25, -0.2) is 4.39 Å². The summed E-state index contributed by atoms with van der Waals surface area (Å²) in [6.07, 6.45) is 1.79. The maximum absolute atomic E-state index is 13.1. The molecule has 1 saturated heterocycles. The lowest BCUT2D eigenvalue weighted by Crippen LogP contribution is -2.27. The number of nitrogens with zero attached hydrogens (tertiary/aromatic N) is 1. The predicted octanol–water partition coefficient (Wildman–Crippen LogP) is 5.82. The van der Waals surface area contributed by atoms with Gasteiger partial charge in [0.05, 0.1) is 25.7 Å². The Labute approximate surface area is 207 Å². The van der Waals surface area contributed by atoms with E-state index in [1.807, 2.05) is 30.3 Å². The molecule has 34 heavy (non-hydrogen) atoms. The van der Waals surface area contributed by atoms with Gasteiger partial charge in [-0.2, -0.15) is 0 Å². The van der Waals surface area contributed by atoms with Gasteiger partial charge >= 0.3 is 0 Å². The van der Waals surface area contributed by atoms with E-state index in [0.717, 1.165) is 22.4 Å². The molecule has 0 bridgehead atoms. The van der Waals surface area contributed by atoms with Gasteiger partial charge in [0.1, 0.15) is 22.5 Å². The molecular formula is C26H22FNO4S2. The minimum Gasteiger partial charge on any atom is -0.497 e. The number of halogens is 1. The lowest BCUT2D eigenvalue weighted by atomic mass is 10.1. The summed E-state index contributed by atoms with van der Waals surface area (Å²) in [4.78, 5) is 15.1. The van der Waals surface area contributed by atoms with Crippen LogP contribution in [0.2, 0.25) is 0 Å². The predicted molar refractivity (Wildman–Crippen MR) is 135 cm³/mol. The monoisotopic (exact) mass is 495 g/mol. The molecule has 0 aliphatic carbocycles. The second-order valence-electron chi connectivity index (χ2n) is 7.44. The van der Waals surface area contributed by atoms with Crippen molar-refractivity contribution >= 4 is 40.3 Å². The Balaban J connectivity index is 1.46. The number of thioether (sulfide) groups is 1. The second-order valence-corrected chi connectivity index (χ2v) is 9.12. The molecule has 1 aliphatic rings. The maximum atomic E-state index is 13.1. The average molecular weight is 496 g/mol. The summed E-state index contributed by atoms with van der Waals surface area (Å²) in [7, 11) is 3.17. The number of ether oxygens (including phenoxy) is 3. The summed E-state index contributed by atoms with van der Waals surface area (Å²) in [6.45, 7) is 0.672.